The summed E-state index contributed by atoms with van der Waals surface area (Å²) in [5.41, 5.74) is 4.97. The molecule has 3 atom stereocenters. The maximum atomic E-state index is 13.6. The molecule has 0 radical (unpaired) electrons. The number of carbonyl (C=O) groups is 2. The molecule has 3 unspecified atom stereocenters. The van der Waals surface area contributed by atoms with Crippen LogP contribution >= 0.6 is 0 Å². The molecule has 2 heterocycles. The molecule has 222 valence electrons. The molecule has 10 nitrogen and oxygen atoms in total. The number of carboxylic acid groups (broad SMARTS) is 1. The first-order valence-electron chi connectivity index (χ1n) is 13.5. The van der Waals surface area contributed by atoms with E-state index in [-0.39, 0.29) is 42.4 Å². The smallest absolute Gasteiger partial charge is 0.407 e. The van der Waals surface area contributed by atoms with Crippen molar-refractivity contribution in [2.75, 3.05) is 18.9 Å². The highest BCUT2D eigenvalue weighted by Gasteiger charge is 2.50. The third-order valence-electron chi connectivity index (χ3n) is 8.45. The van der Waals surface area contributed by atoms with Gasteiger partial charge in [0.15, 0.2) is 8.32 Å². The number of halogens is 1. The predicted molar refractivity (Wildman–Crippen MR) is 154 cm³/mol. The Balaban J connectivity index is 1.94. The van der Waals surface area contributed by atoms with Gasteiger partial charge in [0.1, 0.15) is 17.2 Å². The Hall–Kier alpha value is -2.96. The fraction of sp³-hybridized carbons (Fsp3) is 0.607. The van der Waals surface area contributed by atoms with Gasteiger partial charge in [0.2, 0.25) is 0 Å². The van der Waals surface area contributed by atoms with Crippen molar-refractivity contribution in [2.24, 2.45) is 5.41 Å². The number of hydrogen-bond acceptors (Lipinski definition) is 6. The second kappa shape index (κ2) is 11.1. The third-order valence-corrected chi connectivity index (χ3v) is 12.9. The van der Waals surface area contributed by atoms with Crippen molar-refractivity contribution in [3.8, 4) is 5.69 Å². The molecule has 1 fully saturated rings. The molecule has 40 heavy (non-hydrogen) atoms. The van der Waals surface area contributed by atoms with Crippen LogP contribution in [0.1, 0.15) is 64.7 Å². The van der Waals surface area contributed by atoms with Crippen LogP contribution in [0.15, 0.2) is 30.5 Å². The first kappa shape index (κ1) is 31.6. The zero-order valence-electron chi connectivity index (χ0n) is 24.8. The van der Waals surface area contributed by atoms with Crippen LogP contribution in [0.3, 0.4) is 0 Å². The quantitative estimate of drug-likeness (QED) is 0.351. The van der Waals surface area contributed by atoms with Gasteiger partial charge in [0, 0.05) is 12.6 Å². The zero-order chi connectivity index (χ0) is 30.3. The second-order valence-electron chi connectivity index (χ2n) is 13.3. The molecule has 1 aliphatic rings. The lowest BCUT2D eigenvalue weighted by atomic mass is 9.72. The van der Waals surface area contributed by atoms with Crippen LogP contribution in [0.2, 0.25) is 18.1 Å². The second-order valence-corrected chi connectivity index (χ2v) is 18.2. The van der Waals surface area contributed by atoms with Gasteiger partial charge >= 0.3 is 6.09 Å². The third kappa shape index (κ3) is 6.67. The number of nitrogen functional groups attached to an aromatic ring is 1. The Morgan fingerprint density at radius 3 is 2.35 bits per heavy atom. The fourth-order valence-corrected chi connectivity index (χ4v) is 5.75. The van der Waals surface area contributed by atoms with Crippen LogP contribution in [-0.2, 0) is 4.43 Å². The lowest BCUT2D eigenvalue weighted by molar-refractivity contribution is -0.0905. The highest BCUT2D eigenvalue weighted by Crippen LogP contribution is 2.40. The van der Waals surface area contributed by atoms with Gasteiger partial charge in [-0.15, -0.1) is 0 Å². The van der Waals surface area contributed by atoms with E-state index in [1.165, 1.54) is 40.0 Å². The molecule has 5 N–H and O–H groups in total. The van der Waals surface area contributed by atoms with Crippen LogP contribution in [0.4, 0.5) is 15.0 Å². The van der Waals surface area contributed by atoms with Gasteiger partial charge in [-0.2, -0.15) is 5.10 Å². The highest BCUT2D eigenvalue weighted by atomic mass is 28.4. The fourth-order valence-electron chi connectivity index (χ4n) is 4.73. The summed E-state index contributed by atoms with van der Waals surface area (Å²) in [6.45, 7) is 16.5. The Labute approximate surface area is 236 Å². The number of piperidine rings is 1. The molecule has 1 saturated heterocycles. The number of carbonyl (C=O) groups excluding carboxylic acids is 1. The van der Waals surface area contributed by atoms with E-state index in [0.29, 0.717) is 5.69 Å². The van der Waals surface area contributed by atoms with E-state index in [1.54, 1.807) is 0 Å². The average Bonchev–Trinajstić information content (AvgIpc) is 3.21. The van der Waals surface area contributed by atoms with E-state index in [0.717, 1.165) is 0 Å². The molecular formula is C28H44FN5O5Si. The summed E-state index contributed by atoms with van der Waals surface area (Å²) in [7, 11) is -2.27. The van der Waals surface area contributed by atoms with Crippen molar-refractivity contribution in [2.45, 2.75) is 90.2 Å². The van der Waals surface area contributed by atoms with Crippen molar-refractivity contribution >= 4 is 26.1 Å². The summed E-state index contributed by atoms with van der Waals surface area (Å²) in [5, 5.41) is 28.9. The van der Waals surface area contributed by atoms with Crippen molar-refractivity contribution in [1.82, 2.24) is 20.0 Å². The molecular weight excluding hydrogens is 533 g/mol. The summed E-state index contributed by atoms with van der Waals surface area (Å²) in [4.78, 5) is 26.9. The Kier molecular flexibility index (Phi) is 8.78. The first-order valence-corrected chi connectivity index (χ1v) is 16.4. The number of aliphatic hydroxyl groups is 1. The molecule has 1 aliphatic heterocycles. The molecule has 3 rings (SSSR count). The number of nitrogens with one attached hydrogen (secondary N) is 1. The van der Waals surface area contributed by atoms with Crippen molar-refractivity contribution in [3.05, 3.63) is 41.8 Å². The minimum Gasteiger partial charge on any atom is -0.465 e. The first-order chi connectivity index (χ1) is 18.3. The van der Waals surface area contributed by atoms with E-state index < -0.39 is 49.2 Å². The zero-order valence-corrected chi connectivity index (χ0v) is 25.8. The minimum atomic E-state index is -2.27. The Bertz CT molecular complexity index is 1220. The van der Waals surface area contributed by atoms with Crippen LogP contribution in [0, 0.1) is 11.2 Å². The maximum Gasteiger partial charge on any atom is 0.407 e. The summed E-state index contributed by atoms with van der Waals surface area (Å²) >= 11 is 0. The molecule has 0 bridgehead atoms. The van der Waals surface area contributed by atoms with Crippen LogP contribution in [0.5, 0.6) is 0 Å². The SMILES string of the molecule is CC(C)(C)C1CC(O)(C(CO[Si](C)(C)C(C)(C)C)NC(=O)c2cnn(-c3ccc(F)cc3)c2N)CCN1C(=O)O. The lowest BCUT2D eigenvalue weighted by Gasteiger charge is -2.51. The number of aromatic nitrogens is 2. The normalized spacial score (nSPS) is 21.2. The van der Waals surface area contributed by atoms with E-state index in [9.17, 15) is 24.2 Å². The summed E-state index contributed by atoms with van der Waals surface area (Å²) < 4.78 is 21.2. The molecule has 2 aromatic rings. The van der Waals surface area contributed by atoms with Crippen molar-refractivity contribution < 1.29 is 28.6 Å². The molecule has 12 heteroatoms. The largest absolute Gasteiger partial charge is 0.465 e. The van der Waals surface area contributed by atoms with Gasteiger partial charge in [-0.25, -0.2) is 13.9 Å². The van der Waals surface area contributed by atoms with Crippen LogP contribution < -0.4 is 11.1 Å². The summed E-state index contributed by atoms with van der Waals surface area (Å²) in [6.07, 6.45) is 0.538. The highest BCUT2D eigenvalue weighted by molar-refractivity contribution is 6.74. The number of hydrogen-bond donors (Lipinski definition) is 4. The number of nitrogens with zero attached hydrogens (tertiary/aromatic N) is 3. The standard InChI is InChI=1S/C28H44FN5O5Si/c1-26(2,3)22-15-28(38,13-14-33(22)25(36)37)21(17-39-40(7,8)27(4,5)6)32-24(35)20-16-31-34(23(20)30)19-11-9-18(29)10-12-19/h9-12,16,21-22,38H,13-15,17,30H2,1-8H3,(H,32,35)(H,36,37). The number of likely N-dealkylation sites (tertiary alicyclic amines) is 1. The molecule has 0 spiro atoms. The van der Waals surface area contributed by atoms with Gasteiger partial charge in [-0.1, -0.05) is 41.5 Å². The number of nitrogens with two attached hydrogens (primary N) is 1. The summed E-state index contributed by atoms with van der Waals surface area (Å²) in [6, 6.07) is 4.22. The number of amides is 2. The van der Waals surface area contributed by atoms with Gasteiger partial charge < -0.3 is 30.6 Å². The van der Waals surface area contributed by atoms with Gasteiger partial charge in [0.25, 0.3) is 5.91 Å². The van der Waals surface area contributed by atoms with E-state index in [2.05, 4.69) is 44.3 Å². The number of benzene rings is 1. The van der Waals surface area contributed by atoms with Gasteiger partial charge in [-0.05, 0) is 60.7 Å². The van der Waals surface area contributed by atoms with Crippen molar-refractivity contribution in [3.63, 3.8) is 0 Å². The van der Waals surface area contributed by atoms with Crippen LogP contribution in [-0.4, -0.2) is 76.0 Å². The van der Waals surface area contributed by atoms with Gasteiger partial charge in [0.05, 0.1) is 30.1 Å². The molecule has 0 aliphatic carbocycles. The molecule has 1 aromatic heterocycles. The average molecular weight is 578 g/mol. The molecule has 1 aromatic carbocycles. The monoisotopic (exact) mass is 577 g/mol. The van der Waals surface area contributed by atoms with E-state index in [1.807, 2.05) is 20.8 Å². The Morgan fingerprint density at radius 2 is 1.82 bits per heavy atom. The van der Waals surface area contributed by atoms with Gasteiger partial charge in [-0.3, -0.25) is 4.79 Å². The topological polar surface area (TPSA) is 143 Å². The molecule has 2 amide bonds. The van der Waals surface area contributed by atoms with Crippen molar-refractivity contribution in [1.29, 1.82) is 0 Å². The van der Waals surface area contributed by atoms with Crippen LogP contribution in [0.25, 0.3) is 5.69 Å². The molecule has 0 saturated carbocycles. The predicted octanol–water partition coefficient (Wildman–Crippen LogP) is 4.63. The lowest BCUT2D eigenvalue weighted by Crippen LogP contribution is -2.65. The van der Waals surface area contributed by atoms with E-state index in [4.69, 9.17) is 10.2 Å². The maximum absolute atomic E-state index is 13.6. The number of rotatable bonds is 7. The summed E-state index contributed by atoms with van der Waals surface area (Å²) in [5.74, 6) is -0.891. The van der Waals surface area contributed by atoms with E-state index >= 15 is 0 Å². The Morgan fingerprint density at radius 1 is 1.23 bits per heavy atom. The minimum absolute atomic E-state index is 0.0503. The number of anilines is 1.